The summed E-state index contributed by atoms with van der Waals surface area (Å²) in [6.45, 7) is 2.47. The molecule has 272 valence electrons. The number of aromatic hydroxyl groups is 1. The maximum Gasteiger partial charge on any atom is 0.326 e. The van der Waals surface area contributed by atoms with Crippen molar-refractivity contribution in [3.8, 4) is 28.7 Å². The van der Waals surface area contributed by atoms with Crippen LogP contribution in [0, 0.1) is 11.3 Å². The molecule has 0 fully saturated rings. The number of amides is 2. The summed E-state index contributed by atoms with van der Waals surface area (Å²) in [5.41, 5.74) is 7.28. The van der Waals surface area contributed by atoms with Gasteiger partial charge in [0.25, 0.3) is 5.91 Å². The van der Waals surface area contributed by atoms with Crippen LogP contribution in [0.5, 0.6) is 11.5 Å². The fourth-order valence-electron chi connectivity index (χ4n) is 7.49. The maximum absolute atomic E-state index is 14.3. The largest absolute Gasteiger partial charge is 0.508 e. The van der Waals surface area contributed by atoms with Crippen molar-refractivity contribution >= 4 is 23.5 Å². The number of benzene rings is 5. The molecule has 7 rings (SSSR count). The van der Waals surface area contributed by atoms with Gasteiger partial charge in [0.05, 0.1) is 23.4 Å². The van der Waals surface area contributed by atoms with E-state index in [4.69, 9.17) is 10.00 Å². The zero-order valence-electron chi connectivity index (χ0n) is 30.0. The predicted molar refractivity (Wildman–Crippen MR) is 204 cm³/mol. The van der Waals surface area contributed by atoms with E-state index >= 15 is 0 Å². The van der Waals surface area contributed by atoms with Crippen LogP contribution in [0.25, 0.3) is 11.1 Å². The number of hydrogen-bond acceptors (Lipinski definition) is 7. The number of rotatable bonds is 10. The van der Waals surface area contributed by atoms with Crippen molar-refractivity contribution in [2.75, 3.05) is 11.9 Å². The van der Waals surface area contributed by atoms with E-state index in [2.05, 4.69) is 23.2 Å². The minimum absolute atomic E-state index is 0.0911. The number of ether oxygens (including phenoxy) is 1. The molecule has 54 heavy (non-hydrogen) atoms. The normalized spacial score (nSPS) is 17.6. The van der Waals surface area contributed by atoms with Crippen LogP contribution in [0.2, 0.25) is 0 Å². The minimum Gasteiger partial charge on any atom is -0.508 e. The molecule has 2 heterocycles. The molecule has 0 saturated heterocycles. The van der Waals surface area contributed by atoms with Gasteiger partial charge in [-0.3, -0.25) is 14.5 Å². The molecule has 4 atom stereocenters. The van der Waals surface area contributed by atoms with Crippen molar-refractivity contribution in [2.24, 2.45) is 0 Å². The molecule has 0 aliphatic carbocycles. The summed E-state index contributed by atoms with van der Waals surface area (Å²) in [5.74, 6) is -1.14. The molecule has 5 aromatic carbocycles. The number of carbonyl (C=O) groups excluding carboxylic acids is 2. The molecular formula is C44H40N4O6. The number of carbonyl (C=O) groups is 3. The van der Waals surface area contributed by atoms with Crippen molar-refractivity contribution in [3.63, 3.8) is 0 Å². The van der Waals surface area contributed by atoms with Gasteiger partial charge in [0.1, 0.15) is 17.5 Å². The first kappa shape index (κ1) is 35.9. The summed E-state index contributed by atoms with van der Waals surface area (Å²) in [5, 5.41) is 32.1. The van der Waals surface area contributed by atoms with E-state index in [0.717, 1.165) is 33.4 Å². The fraction of sp³-hybridized carbons (Fsp3) is 0.227. The summed E-state index contributed by atoms with van der Waals surface area (Å²) in [4.78, 5) is 44.2. The highest BCUT2D eigenvalue weighted by molar-refractivity contribution is 6.00. The summed E-state index contributed by atoms with van der Waals surface area (Å²) in [6, 6.07) is 35.1. The molecule has 10 heteroatoms. The van der Waals surface area contributed by atoms with Crippen LogP contribution in [-0.4, -0.2) is 52.0 Å². The lowest BCUT2D eigenvalue weighted by molar-refractivity contribution is -0.143. The highest BCUT2D eigenvalue weighted by Gasteiger charge is 2.40. The van der Waals surface area contributed by atoms with Crippen molar-refractivity contribution in [3.05, 3.63) is 149 Å². The van der Waals surface area contributed by atoms with E-state index in [1.165, 1.54) is 12.1 Å². The van der Waals surface area contributed by atoms with E-state index in [0.29, 0.717) is 42.0 Å². The van der Waals surface area contributed by atoms with Gasteiger partial charge >= 0.3 is 5.97 Å². The first-order chi connectivity index (χ1) is 26.1. The second-order valence-electron chi connectivity index (χ2n) is 13.8. The van der Waals surface area contributed by atoms with E-state index in [-0.39, 0.29) is 30.0 Å². The smallest absolute Gasteiger partial charge is 0.326 e. The number of nitriles is 1. The SMILES string of the molecule is CC[C@@H](c1ccccc1)N1Cc2cc3c(cc2C[C@H]1C(=O)N[C@@H](Cc1ccc(-c2ccc(C#N)cc2)cc1)C(=O)O)N(C)C(=O)[C@@H](c1ccc(O)cc1)O3. The Morgan fingerprint density at radius 3 is 2.22 bits per heavy atom. The topological polar surface area (TPSA) is 143 Å². The number of phenolic OH excluding ortho intramolecular Hbond substituents is 1. The van der Waals surface area contributed by atoms with Gasteiger partial charge in [-0.1, -0.05) is 85.8 Å². The first-order valence-corrected chi connectivity index (χ1v) is 18.0. The highest BCUT2D eigenvalue weighted by Crippen LogP contribution is 2.43. The Hall–Kier alpha value is -6.44. The lowest BCUT2D eigenvalue weighted by atomic mass is 9.88. The Bertz CT molecular complexity index is 2220. The summed E-state index contributed by atoms with van der Waals surface area (Å²) >= 11 is 0. The molecular weight excluding hydrogens is 681 g/mol. The molecule has 0 spiro atoms. The van der Waals surface area contributed by atoms with E-state index in [1.54, 1.807) is 36.2 Å². The van der Waals surface area contributed by atoms with Crippen LogP contribution in [0.1, 0.15) is 58.9 Å². The lowest BCUT2D eigenvalue weighted by Crippen LogP contribution is -2.55. The lowest BCUT2D eigenvalue weighted by Gasteiger charge is -2.42. The molecule has 0 radical (unpaired) electrons. The minimum atomic E-state index is -1.17. The van der Waals surface area contributed by atoms with Crippen molar-refractivity contribution < 1.29 is 29.3 Å². The molecule has 10 nitrogen and oxygen atoms in total. The monoisotopic (exact) mass is 720 g/mol. The van der Waals surface area contributed by atoms with Crippen LogP contribution in [0.4, 0.5) is 5.69 Å². The van der Waals surface area contributed by atoms with Gasteiger partial charge in [-0.15, -0.1) is 0 Å². The van der Waals surface area contributed by atoms with Crippen LogP contribution in [-0.2, 0) is 33.8 Å². The maximum atomic E-state index is 14.3. The van der Waals surface area contributed by atoms with Crippen LogP contribution in [0.3, 0.4) is 0 Å². The van der Waals surface area contributed by atoms with Crippen molar-refractivity contribution in [1.82, 2.24) is 10.2 Å². The number of carboxylic acid groups (broad SMARTS) is 1. The number of carboxylic acids is 1. The van der Waals surface area contributed by atoms with Gasteiger partial charge in [-0.05, 0) is 82.6 Å². The number of fused-ring (bicyclic) bond motifs is 2. The third kappa shape index (κ3) is 7.27. The number of aliphatic carboxylic acids is 1. The molecule has 0 bridgehead atoms. The zero-order valence-corrected chi connectivity index (χ0v) is 30.0. The number of phenols is 1. The second-order valence-corrected chi connectivity index (χ2v) is 13.8. The summed E-state index contributed by atoms with van der Waals surface area (Å²) in [7, 11) is 1.69. The standard InChI is InChI=1S/C44H40N4O6/c1-3-37(31-7-5-4-6-8-31)48-26-34-24-40-38(47(2)43(51)41(54-40)32-17-19-35(49)20-18-32)22-33(34)23-39(48)42(50)46-36(44(52)53)21-27-9-13-29(14-10-27)30-15-11-28(25-45)12-16-30/h4-20,22,24,36-37,39,41,49H,3,21,23,26H2,1-2H3,(H,46,50)(H,52,53)/t36-,37-,39-,41+/m0/s1. The number of anilines is 1. The van der Waals surface area contributed by atoms with E-state index < -0.39 is 24.2 Å². The van der Waals surface area contributed by atoms with Gasteiger partial charge in [0, 0.05) is 31.6 Å². The number of likely N-dealkylation sites (N-methyl/N-ethyl adjacent to an activating group) is 1. The van der Waals surface area contributed by atoms with E-state index in [9.17, 15) is 24.6 Å². The predicted octanol–water partition coefficient (Wildman–Crippen LogP) is 6.72. The first-order valence-electron chi connectivity index (χ1n) is 18.0. The Balaban J connectivity index is 1.16. The number of nitrogens with zero attached hydrogens (tertiary/aromatic N) is 3. The third-order valence-corrected chi connectivity index (χ3v) is 10.4. The molecule has 2 aliphatic rings. The Morgan fingerprint density at radius 2 is 1.59 bits per heavy atom. The average Bonchev–Trinajstić information content (AvgIpc) is 3.19. The van der Waals surface area contributed by atoms with Gasteiger partial charge in [-0.25, -0.2) is 4.79 Å². The number of hydrogen-bond donors (Lipinski definition) is 3. The molecule has 2 aliphatic heterocycles. The van der Waals surface area contributed by atoms with Gasteiger partial charge in [0.15, 0.2) is 0 Å². The van der Waals surface area contributed by atoms with Crippen LogP contribution in [0.15, 0.2) is 115 Å². The third-order valence-electron chi connectivity index (χ3n) is 10.4. The second kappa shape index (κ2) is 15.3. The van der Waals surface area contributed by atoms with Gasteiger partial charge < -0.3 is 25.2 Å². The molecule has 5 aromatic rings. The quantitative estimate of drug-likeness (QED) is 0.144. The molecule has 0 unspecified atom stereocenters. The molecule has 2 amide bonds. The Morgan fingerprint density at radius 1 is 0.926 bits per heavy atom. The molecule has 0 saturated carbocycles. The Kier molecular flexibility index (Phi) is 10.2. The Labute approximate surface area is 313 Å². The molecule has 0 aromatic heterocycles. The average molecular weight is 721 g/mol. The van der Waals surface area contributed by atoms with Crippen LogP contribution < -0.4 is 15.0 Å². The fourth-order valence-corrected chi connectivity index (χ4v) is 7.49. The van der Waals surface area contributed by atoms with E-state index in [1.807, 2.05) is 78.9 Å². The van der Waals surface area contributed by atoms with Gasteiger partial charge in [0.2, 0.25) is 12.0 Å². The van der Waals surface area contributed by atoms with Crippen molar-refractivity contribution in [1.29, 1.82) is 5.26 Å². The van der Waals surface area contributed by atoms with Crippen molar-refractivity contribution in [2.45, 2.75) is 57.0 Å². The number of nitrogens with one attached hydrogen (secondary N) is 1. The zero-order chi connectivity index (χ0) is 37.9. The van der Waals surface area contributed by atoms with Crippen LogP contribution >= 0.6 is 0 Å². The highest BCUT2D eigenvalue weighted by atomic mass is 16.5. The summed E-state index contributed by atoms with van der Waals surface area (Å²) in [6.07, 6.45) is 0.214. The van der Waals surface area contributed by atoms with Gasteiger partial charge in [-0.2, -0.15) is 5.26 Å². The molecule has 3 N–H and O–H groups in total. The summed E-state index contributed by atoms with van der Waals surface area (Å²) < 4.78 is 6.32.